The first-order valence-electron chi connectivity index (χ1n) is 8.97. The first kappa shape index (κ1) is 16.3. The number of hydrogen-bond acceptors (Lipinski definition) is 2. The van der Waals surface area contributed by atoms with Gasteiger partial charge < -0.3 is 5.32 Å². The van der Waals surface area contributed by atoms with E-state index >= 15 is 0 Å². The SMILES string of the molecule is O=C(NCc1cccc(F)c1)C1C2CC1CN(Cc1ccccc1)C2. The lowest BCUT2D eigenvalue weighted by Gasteiger charge is -2.52. The summed E-state index contributed by atoms with van der Waals surface area (Å²) in [6.45, 7) is 3.35. The third kappa shape index (κ3) is 3.59. The van der Waals surface area contributed by atoms with E-state index < -0.39 is 0 Å². The lowest BCUT2D eigenvalue weighted by atomic mass is 9.61. The molecule has 25 heavy (non-hydrogen) atoms. The van der Waals surface area contributed by atoms with E-state index in [4.69, 9.17) is 0 Å². The summed E-state index contributed by atoms with van der Waals surface area (Å²) in [6.07, 6.45) is 1.16. The van der Waals surface area contributed by atoms with E-state index in [1.54, 1.807) is 6.07 Å². The van der Waals surface area contributed by atoms with Crippen molar-refractivity contribution in [2.45, 2.75) is 19.5 Å². The standard InChI is InChI=1S/C21H23FN2O/c22-19-8-4-7-16(9-19)11-23-21(25)20-17-10-18(20)14-24(13-17)12-15-5-2-1-3-6-15/h1-9,17-18,20H,10-14H2,(H,23,25). The zero-order valence-corrected chi connectivity index (χ0v) is 14.2. The highest BCUT2D eigenvalue weighted by atomic mass is 19.1. The number of carbonyl (C=O) groups excluding carboxylic acids is 1. The number of carbonyl (C=O) groups is 1. The summed E-state index contributed by atoms with van der Waals surface area (Å²) >= 11 is 0. The third-order valence-electron chi connectivity index (χ3n) is 5.51. The number of benzene rings is 2. The number of fused-ring (bicyclic) bond motifs is 2. The van der Waals surface area contributed by atoms with Crippen LogP contribution in [0.4, 0.5) is 4.39 Å². The van der Waals surface area contributed by atoms with Crippen LogP contribution in [0.3, 0.4) is 0 Å². The molecule has 1 saturated carbocycles. The molecule has 3 fully saturated rings. The van der Waals surface area contributed by atoms with Crippen LogP contribution < -0.4 is 5.32 Å². The second-order valence-corrected chi connectivity index (χ2v) is 7.31. The summed E-state index contributed by atoms with van der Waals surface area (Å²) in [5, 5.41) is 3.00. The summed E-state index contributed by atoms with van der Waals surface area (Å²) in [5.41, 5.74) is 2.14. The smallest absolute Gasteiger partial charge is 0.224 e. The minimum absolute atomic E-state index is 0.126. The lowest BCUT2D eigenvalue weighted by Crippen LogP contribution is -2.59. The van der Waals surface area contributed by atoms with Gasteiger partial charge in [-0.05, 0) is 41.5 Å². The highest BCUT2D eigenvalue weighted by Crippen LogP contribution is 2.45. The van der Waals surface area contributed by atoms with Crippen molar-refractivity contribution in [3.05, 3.63) is 71.5 Å². The van der Waals surface area contributed by atoms with Crippen LogP contribution in [-0.4, -0.2) is 23.9 Å². The van der Waals surface area contributed by atoms with Crippen LogP contribution in [0.1, 0.15) is 17.5 Å². The summed E-state index contributed by atoms with van der Waals surface area (Å²) < 4.78 is 13.2. The van der Waals surface area contributed by atoms with E-state index in [1.165, 1.54) is 17.7 Å². The quantitative estimate of drug-likeness (QED) is 0.908. The predicted molar refractivity (Wildman–Crippen MR) is 95.1 cm³/mol. The van der Waals surface area contributed by atoms with Crippen LogP contribution in [0.2, 0.25) is 0 Å². The van der Waals surface area contributed by atoms with Crippen LogP contribution in [0.15, 0.2) is 54.6 Å². The molecule has 2 bridgehead atoms. The number of halogens is 1. The molecule has 1 N–H and O–H groups in total. The topological polar surface area (TPSA) is 32.3 Å². The molecule has 0 aromatic heterocycles. The Morgan fingerprint density at radius 2 is 1.76 bits per heavy atom. The fourth-order valence-electron chi connectivity index (χ4n) is 4.34. The molecule has 2 aromatic rings. The summed E-state index contributed by atoms with van der Waals surface area (Å²) in [4.78, 5) is 15.0. The maximum atomic E-state index is 13.2. The van der Waals surface area contributed by atoms with Crippen molar-refractivity contribution in [2.75, 3.05) is 13.1 Å². The predicted octanol–water partition coefficient (Wildman–Crippen LogP) is 3.21. The van der Waals surface area contributed by atoms with Gasteiger partial charge in [0.05, 0.1) is 0 Å². The van der Waals surface area contributed by atoms with Crippen molar-refractivity contribution in [3.63, 3.8) is 0 Å². The highest BCUT2D eigenvalue weighted by molar-refractivity contribution is 5.80. The van der Waals surface area contributed by atoms with Gasteiger partial charge in [-0.25, -0.2) is 4.39 Å². The fourth-order valence-corrected chi connectivity index (χ4v) is 4.34. The van der Waals surface area contributed by atoms with Crippen LogP contribution in [0.25, 0.3) is 0 Å². The molecule has 2 aliphatic heterocycles. The van der Waals surface area contributed by atoms with Crippen molar-refractivity contribution in [2.24, 2.45) is 17.8 Å². The molecule has 1 amide bonds. The van der Waals surface area contributed by atoms with Crippen molar-refractivity contribution in [1.82, 2.24) is 10.2 Å². The van der Waals surface area contributed by atoms with E-state index in [-0.39, 0.29) is 17.6 Å². The molecule has 3 nitrogen and oxygen atoms in total. The molecule has 2 unspecified atom stereocenters. The molecular weight excluding hydrogens is 315 g/mol. The molecular formula is C21H23FN2O. The Morgan fingerprint density at radius 3 is 2.48 bits per heavy atom. The van der Waals surface area contributed by atoms with Crippen molar-refractivity contribution >= 4 is 5.91 Å². The minimum atomic E-state index is -0.260. The number of hydrogen-bond donors (Lipinski definition) is 1. The van der Waals surface area contributed by atoms with Gasteiger partial charge in [0.2, 0.25) is 5.91 Å². The lowest BCUT2D eigenvalue weighted by molar-refractivity contribution is -0.142. The van der Waals surface area contributed by atoms with Gasteiger partial charge in [-0.1, -0.05) is 42.5 Å². The van der Waals surface area contributed by atoms with Gasteiger partial charge in [0.25, 0.3) is 0 Å². The van der Waals surface area contributed by atoms with Gasteiger partial charge in [-0.2, -0.15) is 0 Å². The fraction of sp³-hybridized carbons (Fsp3) is 0.381. The van der Waals surface area contributed by atoms with E-state index in [1.807, 2.05) is 12.1 Å². The largest absolute Gasteiger partial charge is 0.352 e. The van der Waals surface area contributed by atoms with Crippen LogP contribution >= 0.6 is 0 Å². The maximum absolute atomic E-state index is 13.2. The zero-order chi connectivity index (χ0) is 17.2. The van der Waals surface area contributed by atoms with Crippen LogP contribution in [0, 0.1) is 23.6 Å². The highest BCUT2D eigenvalue weighted by Gasteiger charge is 2.49. The van der Waals surface area contributed by atoms with E-state index in [2.05, 4.69) is 34.5 Å². The number of amides is 1. The molecule has 130 valence electrons. The molecule has 2 heterocycles. The molecule has 0 spiro atoms. The average Bonchev–Trinajstić information content (AvgIpc) is 2.61. The van der Waals surface area contributed by atoms with E-state index in [0.717, 1.165) is 31.6 Å². The second-order valence-electron chi connectivity index (χ2n) is 7.31. The third-order valence-corrected chi connectivity index (χ3v) is 5.51. The summed E-state index contributed by atoms with van der Waals surface area (Å²) in [7, 11) is 0. The Morgan fingerprint density at radius 1 is 1.04 bits per heavy atom. The molecule has 5 rings (SSSR count). The average molecular weight is 338 g/mol. The Balaban J connectivity index is 1.30. The molecule has 0 radical (unpaired) electrons. The van der Waals surface area contributed by atoms with E-state index in [9.17, 15) is 9.18 Å². The van der Waals surface area contributed by atoms with Gasteiger partial charge in [-0.3, -0.25) is 9.69 Å². The minimum Gasteiger partial charge on any atom is -0.352 e. The van der Waals surface area contributed by atoms with Gasteiger partial charge in [0.1, 0.15) is 5.82 Å². The Kier molecular flexibility index (Phi) is 4.53. The molecule has 3 aliphatic rings. The number of nitrogens with one attached hydrogen (secondary N) is 1. The van der Waals surface area contributed by atoms with Gasteiger partial charge in [-0.15, -0.1) is 0 Å². The van der Waals surface area contributed by atoms with E-state index in [0.29, 0.717) is 18.4 Å². The molecule has 1 aliphatic carbocycles. The Hall–Kier alpha value is -2.20. The van der Waals surface area contributed by atoms with Gasteiger partial charge >= 0.3 is 0 Å². The first-order valence-corrected chi connectivity index (χ1v) is 8.97. The van der Waals surface area contributed by atoms with Crippen LogP contribution in [-0.2, 0) is 17.9 Å². The zero-order valence-electron chi connectivity index (χ0n) is 14.2. The molecule has 2 aromatic carbocycles. The Bertz CT molecular complexity index is 737. The van der Waals surface area contributed by atoms with Crippen molar-refractivity contribution < 1.29 is 9.18 Å². The normalized spacial score (nSPS) is 25.2. The van der Waals surface area contributed by atoms with Crippen LogP contribution in [0.5, 0.6) is 0 Å². The van der Waals surface area contributed by atoms with Gasteiger partial charge in [0.15, 0.2) is 0 Å². The summed E-state index contributed by atoms with van der Waals surface area (Å²) in [6, 6.07) is 16.9. The number of piperidine rings is 2. The maximum Gasteiger partial charge on any atom is 0.224 e. The molecule has 4 heteroatoms. The van der Waals surface area contributed by atoms with Gasteiger partial charge in [0, 0.05) is 32.1 Å². The number of nitrogens with zero attached hydrogens (tertiary/aromatic N) is 1. The van der Waals surface area contributed by atoms with Crippen molar-refractivity contribution in [1.29, 1.82) is 0 Å². The first-order chi connectivity index (χ1) is 12.2. The molecule has 2 atom stereocenters. The summed E-state index contributed by atoms with van der Waals surface area (Å²) in [5.74, 6) is 0.902. The monoisotopic (exact) mass is 338 g/mol. The molecule has 2 saturated heterocycles. The second kappa shape index (κ2) is 6.96. The number of rotatable bonds is 5. The van der Waals surface area contributed by atoms with Crippen molar-refractivity contribution in [3.8, 4) is 0 Å². The Labute approximate surface area is 147 Å².